The van der Waals surface area contributed by atoms with Crippen LogP contribution in [0.3, 0.4) is 0 Å². The van der Waals surface area contributed by atoms with Crippen LogP contribution in [-0.2, 0) is 6.42 Å². The molecule has 5 heteroatoms. The Labute approximate surface area is 203 Å². The van der Waals surface area contributed by atoms with Gasteiger partial charge in [0.1, 0.15) is 0 Å². The molecule has 4 aromatic carbocycles. The van der Waals surface area contributed by atoms with Gasteiger partial charge in [-0.05, 0) is 70.1 Å². The van der Waals surface area contributed by atoms with Crippen molar-refractivity contribution in [2.75, 3.05) is 0 Å². The van der Waals surface area contributed by atoms with Gasteiger partial charge in [-0.3, -0.25) is 0 Å². The van der Waals surface area contributed by atoms with Crippen molar-refractivity contribution in [2.45, 2.75) is 6.42 Å². The maximum Gasteiger partial charge on any atom is 0.0697 e. The summed E-state index contributed by atoms with van der Waals surface area (Å²) in [6, 6.07) is 36.2. The molecular weight excluding hydrogens is 430 g/mol. The van der Waals surface area contributed by atoms with Crippen molar-refractivity contribution in [1.29, 1.82) is 0 Å². The summed E-state index contributed by atoms with van der Waals surface area (Å²) in [5.74, 6) is 0. The molecule has 0 saturated carbocycles. The van der Waals surface area contributed by atoms with Crippen LogP contribution in [0.5, 0.6) is 0 Å². The first-order chi connectivity index (χ1) is 17.3. The molecule has 0 saturated heterocycles. The van der Waals surface area contributed by atoms with Crippen LogP contribution in [0.1, 0.15) is 11.1 Å². The Bertz CT molecular complexity index is 1410. The molecule has 5 nitrogen and oxygen atoms in total. The second kappa shape index (κ2) is 9.23. The van der Waals surface area contributed by atoms with E-state index < -0.39 is 0 Å². The Kier molecular flexibility index (Phi) is 5.49. The van der Waals surface area contributed by atoms with Crippen molar-refractivity contribution in [3.8, 4) is 33.6 Å². The van der Waals surface area contributed by atoms with Crippen molar-refractivity contribution < 1.29 is 0 Å². The predicted molar refractivity (Wildman–Crippen MR) is 139 cm³/mol. The SMILES string of the molecule is c1ccc(-c2ccc(-n3cccn3)cc2)c(Cc2ccccc2-c2ccc(-n3ccnn3)cc2)c1. The van der Waals surface area contributed by atoms with Crippen molar-refractivity contribution >= 4 is 0 Å². The molecule has 35 heavy (non-hydrogen) atoms. The molecule has 0 fully saturated rings. The van der Waals surface area contributed by atoms with E-state index in [9.17, 15) is 0 Å². The van der Waals surface area contributed by atoms with Gasteiger partial charge in [0.25, 0.3) is 0 Å². The van der Waals surface area contributed by atoms with E-state index >= 15 is 0 Å². The maximum atomic E-state index is 4.33. The Hall–Kier alpha value is -4.77. The molecule has 0 N–H and O–H groups in total. The summed E-state index contributed by atoms with van der Waals surface area (Å²) < 4.78 is 3.64. The first-order valence-electron chi connectivity index (χ1n) is 11.6. The molecule has 168 valence electrons. The third-order valence-corrected chi connectivity index (χ3v) is 6.23. The lowest BCUT2D eigenvalue weighted by atomic mass is 9.91. The molecule has 0 atom stereocenters. The van der Waals surface area contributed by atoms with Gasteiger partial charge in [-0.1, -0.05) is 78.0 Å². The van der Waals surface area contributed by atoms with Crippen molar-refractivity contribution in [3.63, 3.8) is 0 Å². The van der Waals surface area contributed by atoms with Gasteiger partial charge in [0, 0.05) is 12.4 Å². The molecule has 6 aromatic rings. The minimum absolute atomic E-state index is 0.845. The molecule has 6 rings (SSSR count). The quantitative estimate of drug-likeness (QED) is 0.294. The van der Waals surface area contributed by atoms with Crippen LogP contribution in [0, 0.1) is 0 Å². The highest BCUT2D eigenvalue weighted by Crippen LogP contribution is 2.31. The molecule has 2 aromatic heterocycles. The number of nitrogens with zero attached hydrogens (tertiary/aromatic N) is 5. The van der Waals surface area contributed by atoms with E-state index in [1.54, 1.807) is 17.1 Å². The molecule has 0 spiro atoms. The molecule has 0 unspecified atom stereocenters. The topological polar surface area (TPSA) is 48.5 Å². The Balaban J connectivity index is 1.31. The zero-order valence-corrected chi connectivity index (χ0v) is 19.1. The number of hydrogen-bond donors (Lipinski definition) is 0. The van der Waals surface area contributed by atoms with E-state index in [0.717, 1.165) is 17.8 Å². The van der Waals surface area contributed by atoms with Crippen LogP contribution in [0.25, 0.3) is 33.6 Å². The molecule has 0 aliphatic rings. The largest absolute Gasteiger partial charge is 0.241 e. The number of benzene rings is 4. The lowest BCUT2D eigenvalue weighted by Gasteiger charge is -2.14. The van der Waals surface area contributed by atoms with Gasteiger partial charge in [-0.2, -0.15) is 5.10 Å². The molecule has 0 bridgehead atoms. The average molecular weight is 454 g/mol. The normalized spacial score (nSPS) is 11.0. The van der Waals surface area contributed by atoms with Crippen LogP contribution in [-0.4, -0.2) is 24.8 Å². The minimum atomic E-state index is 0.845. The van der Waals surface area contributed by atoms with E-state index in [1.807, 2.05) is 23.1 Å². The second-order valence-corrected chi connectivity index (χ2v) is 8.38. The fourth-order valence-corrected chi connectivity index (χ4v) is 4.47. The van der Waals surface area contributed by atoms with Gasteiger partial charge in [0.2, 0.25) is 0 Å². The first kappa shape index (κ1) is 20.8. The fourth-order valence-electron chi connectivity index (χ4n) is 4.47. The molecule has 2 heterocycles. The van der Waals surface area contributed by atoms with Crippen LogP contribution in [0.15, 0.2) is 128 Å². The van der Waals surface area contributed by atoms with E-state index in [2.05, 4.69) is 112 Å². The van der Waals surface area contributed by atoms with Crippen molar-refractivity contribution in [3.05, 3.63) is 139 Å². The molecule has 0 radical (unpaired) electrons. The predicted octanol–water partition coefficient (Wildman–Crippen LogP) is 6.38. The summed E-state index contributed by atoms with van der Waals surface area (Å²) in [7, 11) is 0. The van der Waals surface area contributed by atoms with E-state index in [4.69, 9.17) is 0 Å². The zero-order chi connectivity index (χ0) is 23.5. The highest BCUT2D eigenvalue weighted by Gasteiger charge is 2.10. The Morgan fingerprint density at radius 1 is 0.514 bits per heavy atom. The highest BCUT2D eigenvalue weighted by atomic mass is 15.4. The van der Waals surface area contributed by atoms with Gasteiger partial charge in [-0.15, -0.1) is 5.10 Å². The minimum Gasteiger partial charge on any atom is -0.241 e. The van der Waals surface area contributed by atoms with E-state index in [-0.39, 0.29) is 0 Å². The van der Waals surface area contributed by atoms with Gasteiger partial charge in [0.15, 0.2) is 0 Å². The van der Waals surface area contributed by atoms with E-state index in [1.165, 1.54) is 33.4 Å². The Morgan fingerprint density at radius 2 is 1.09 bits per heavy atom. The number of aromatic nitrogens is 5. The Morgan fingerprint density at radius 3 is 1.60 bits per heavy atom. The number of hydrogen-bond acceptors (Lipinski definition) is 3. The maximum absolute atomic E-state index is 4.33. The first-order valence-corrected chi connectivity index (χ1v) is 11.6. The smallest absolute Gasteiger partial charge is 0.0697 e. The van der Waals surface area contributed by atoms with Crippen molar-refractivity contribution in [1.82, 2.24) is 24.8 Å². The zero-order valence-electron chi connectivity index (χ0n) is 19.1. The third-order valence-electron chi connectivity index (χ3n) is 6.23. The van der Waals surface area contributed by atoms with Crippen LogP contribution < -0.4 is 0 Å². The summed E-state index contributed by atoms with van der Waals surface area (Å²) in [6.07, 6.45) is 8.13. The van der Waals surface area contributed by atoms with Crippen molar-refractivity contribution in [2.24, 2.45) is 0 Å². The molecule has 0 amide bonds. The van der Waals surface area contributed by atoms with Crippen LogP contribution in [0.4, 0.5) is 0 Å². The average Bonchev–Trinajstić information content (AvgIpc) is 3.65. The molecule has 0 aliphatic carbocycles. The highest BCUT2D eigenvalue weighted by molar-refractivity contribution is 5.72. The third kappa shape index (κ3) is 4.27. The summed E-state index contributed by atoms with van der Waals surface area (Å²) in [5.41, 5.74) is 9.50. The molecule has 0 aliphatic heterocycles. The monoisotopic (exact) mass is 453 g/mol. The number of rotatable bonds is 6. The van der Waals surface area contributed by atoms with Gasteiger partial charge in [0.05, 0.1) is 23.8 Å². The summed E-state index contributed by atoms with van der Waals surface area (Å²) in [4.78, 5) is 0. The lowest BCUT2D eigenvalue weighted by Crippen LogP contribution is -1.97. The summed E-state index contributed by atoms with van der Waals surface area (Å²) in [5, 5.41) is 12.3. The lowest BCUT2D eigenvalue weighted by molar-refractivity contribution is 0.803. The van der Waals surface area contributed by atoms with Gasteiger partial charge in [-0.25, -0.2) is 9.36 Å². The van der Waals surface area contributed by atoms with Crippen LogP contribution in [0.2, 0.25) is 0 Å². The fraction of sp³-hybridized carbons (Fsp3) is 0.0333. The van der Waals surface area contributed by atoms with Gasteiger partial charge < -0.3 is 0 Å². The molecular formula is C30H23N5. The summed E-state index contributed by atoms with van der Waals surface area (Å²) in [6.45, 7) is 0. The van der Waals surface area contributed by atoms with Crippen LogP contribution >= 0.6 is 0 Å². The summed E-state index contributed by atoms with van der Waals surface area (Å²) >= 11 is 0. The second-order valence-electron chi connectivity index (χ2n) is 8.38. The standard InChI is InChI=1S/C30H23N5/c1-3-8-29(23-10-14-27(15-11-23)34-20-5-18-32-34)25(6-1)22-26-7-2-4-9-30(26)24-12-16-28(17-13-24)35-21-19-31-33-35/h1-21H,22H2. The van der Waals surface area contributed by atoms with Gasteiger partial charge >= 0.3 is 0 Å². The van der Waals surface area contributed by atoms with E-state index in [0.29, 0.717) is 0 Å².